The number of thiophene rings is 1. The van der Waals surface area contributed by atoms with Crippen molar-refractivity contribution in [3.8, 4) is 67.0 Å². The average molecular weight is 2460 g/mol. The molecule has 16 nitrogen and oxygen atoms in total. The van der Waals surface area contributed by atoms with Crippen LogP contribution in [0.25, 0.3) is 77.1 Å². The minimum Gasteiger partial charge on any atom is -0.521 e. The number of pyridine rings is 8. The molecule has 0 aliphatic rings. The molecule has 30 heteroatoms. The van der Waals surface area contributed by atoms with Crippen LogP contribution < -0.4 is 0 Å². The molecule has 0 amide bonds. The van der Waals surface area contributed by atoms with Crippen molar-refractivity contribution in [1.29, 1.82) is 0 Å². The Morgan fingerprint density at radius 2 is 0.781 bits per heavy atom. The summed E-state index contributed by atoms with van der Waals surface area (Å²) < 4.78 is 105. The smallest absolute Gasteiger partial charge is 0.354 e. The normalized spacial score (nSPS) is 10.7. The second kappa shape index (κ2) is 56.1. The fraction of sp³-hybridized carbons (Fsp3) is 0.119. The fourth-order valence-corrected chi connectivity index (χ4v) is 9.92. The van der Waals surface area contributed by atoms with Gasteiger partial charge in [0.05, 0.1) is 53.9 Å². The number of aliphatic hydroxyl groups excluding tert-OH is 4. The third kappa shape index (κ3) is 37.8. The first-order chi connectivity index (χ1) is 52.3. The van der Waals surface area contributed by atoms with Gasteiger partial charge in [0.2, 0.25) is 5.97 Å². The van der Waals surface area contributed by atoms with Crippen LogP contribution >= 0.6 is 11.3 Å². The van der Waals surface area contributed by atoms with Crippen molar-refractivity contribution in [1.82, 2.24) is 39.9 Å². The zero-order valence-corrected chi connectivity index (χ0v) is 73.1. The Balaban J connectivity index is 0.000000649. The Morgan fingerprint density at radius 3 is 1.14 bits per heavy atom. The van der Waals surface area contributed by atoms with Gasteiger partial charge in [-0.05, 0) is 140 Å². The summed E-state index contributed by atoms with van der Waals surface area (Å²) in [5, 5.41) is 52.1. The first kappa shape index (κ1) is 103. The van der Waals surface area contributed by atoms with E-state index in [9.17, 15) is 44.7 Å². The second-order valence-corrected chi connectivity index (χ2v) is 23.8. The number of carboxylic acids is 2. The number of halogens is 8. The molecule has 605 valence electrons. The molecule has 4 atom stereocenters. The van der Waals surface area contributed by atoms with Gasteiger partial charge in [0, 0.05) is 178 Å². The summed E-state index contributed by atoms with van der Waals surface area (Å²) >= 11 is 1.73. The molecule has 0 spiro atoms. The van der Waals surface area contributed by atoms with Gasteiger partial charge in [-0.25, -0.2) is 43.7 Å². The fourth-order valence-electron chi connectivity index (χ4n) is 8.94. The van der Waals surface area contributed by atoms with Crippen LogP contribution in [-0.4, -0.2) is 107 Å². The number of fused-ring (bicyclic) bond motifs is 1. The summed E-state index contributed by atoms with van der Waals surface area (Å²) in [6.07, 6.45) is 11.1. The molecule has 0 saturated heterocycles. The van der Waals surface area contributed by atoms with E-state index in [0.29, 0.717) is 52.4 Å². The van der Waals surface area contributed by atoms with Gasteiger partial charge in [-0.1, -0.05) is 108 Å². The van der Waals surface area contributed by atoms with E-state index in [1.807, 2.05) is 36.5 Å². The summed E-state index contributed by atoms with van der Waals surface area (Å²) in [6.45, 7) is 6.64. The maximum absolute atomic E-state index is 13.5. The number of hydrogen-bond donors (Lipinski definition) is 6. The SMILES string of the molecule is CC(O)CC(C)O.CC(O)CC(C)O.Fc1c[c-]c(-c2ccccn2)c(F)c1.Fc1c[c-]c(-c2ccccn2)c(F)c1.Fc1ccc(-c2cc(F)cnc2-c2ccccn2)cc1.Fc1cnc(-c2ccccn2)c(F)c1.O=C(O)c1[c-]cccc1.O=C(O)c1ccccn1.[Ir].[Ir].[Ir].[Ir].[Ir].[c-]1c(-c2ccccn2)sc2ccccc12. The Bertz CT molecular complexity index is 4700. The van der Waals surface area contributed by atoms with Crippen LogP contribution in [0.5, 0.6) is 0 Å². The molecular weight excluding hydrogens is 2390 g/mol. The van der Waals surface area contributed by atoms with E-state index in [1.54, 1.807) is 167 Å². The van der Waals surface area contributed by atoms with Gasteiger partial charge in [-0.15, -0.1) is 78.2 Å². The number of aliphatic hydroxyl groups is 4. The summed E-state index contributed by atoms with van der Waals surface area (Å²) in [7, 11) is 0. The number of rotatable bonds is 12. The van der Waals surface area contributed by atoms with Gasteiger partial charge in [0.1, 0.15) is 28.8 Å². The Kier molecular flexibility index (Phi) is 50.5. The number of aromatic nitrogens is 8. The van der Waals surface area contributed by atoms with Gasteiger partial charge < -0.3 is 50.4 Å². The van der Waals surface area contributed by atoms with Gasteiger partial charge >= 0.3 is 5.97 Å². The van der Waals surface area contributed by atoms with Crippen LogP contribution in [0.4, 0.5) is 35.1 Å². The Hall–Kier alpha value is -9.27. The van der Waals surface area contributed by atoms with E-state index in [4.69, 9.17) is 30.6 Å². The van der Waals surface area contributed by atoms with E-state index in [2.05, 4.69) is 82.3 Å². The number of nitrogens with zero attached hydrogens (tertiary/aromatic N) is 8. The van der Waals surface area contributed by atoms with Gasteiger partial charge in [-0.3, -0.25) is 32.5 Å². The minimum atomic E-state index is -0.990. The van der Waals surface area contributed by atoms with E-state index in [0.717, 1.165) is 53.3 Å². The molecule has 0 saturated carbocycles. The summed E-state index contributed by atoms with van der Waals surface area (Å²) in [5.41, 5.74) is 5.51. The number of aromatic carboxylic acids is 2. The summed E-state index contributed by atoms with van der Waals surface area (Å²) in [5.74, 6) is -6.67. The Morgan fingerprint density at radius 1 is 0.386 bits per heavy atom. The zero-order valence-electron chi connectivity index (χ0n) is 60.3. The number of hydrogen-bond acceptors (Lipinski definition) is 15. The summed E-state index contributed by atoms with van der Waals surface area (Å²) in [6, 6.07) is 68.9. The second-order valence-electron chi connectivity index (χ2n) is 22.7. The standard InChI is InChI=1S/C16H10F2N2.C13H8NS.2C11H6F2N.C10H6F2N2.C7H5O2.C6H5NO2.2C5H12O2.5Ir/c17-12-6-4-11(5-7-12)14-9-13(18)10-20-16(14)15-3-1-2-8-19-15;1-2-7-12-10(5-1)9-13(15-12)11-6-3-4-8-14-11;2*12-8-4-5-9(10(13)7-8)11-3-1-2-6-14-11;11-7-5-8(12)10(14-6-7)9-3-1-2-4-13-9;8-7(9)6-4-2-1-3-5-6;8-6(9)5-3-1-2-4-7-5;2*1-4(6)3-5(2)7;;;;;/h1-10H;1-8H;2*1-4,6-7H;1-6H;2*1-4H,(H,8,9);2*4-7H,3H2,1-2H3;;;;;/q;3*-1;;-1;;;;;;;;. The molecule has 14 aromatic rings. The van der Waals surface area contributed by atoms with Crippen LogP contribution in [0.3, 0.4) is 0 Å². The van der Waals surface area contributed by atoms with Gasteiger partial charge in [-0.2, -0.15) is 0 Å². The van der Waals surface area contributed by atoms with Gasteiger partial charge in [0.25, 0.3) is 0 Å². The van der Waals surface area contributed by atoms with Crippen LogP contribution in [0.15, 0.2) is 268 Å². The monoisotopic (exact) mass is 2470 g/mol. The van der Waals surface area contributed by atoms with Crippen LogP contribution in [-0.2, 0) is 101 Å². The molecule has 6 N–H and O–H groups in total. The molecule has 0 bridgehead atoms. The summed E-state index contributed by atoms with van der Waals surface area (Å²) in [4.78, 5) is 53.1. The van der Waals surface area contributed by atoms with Crippen molar-refractivity contribution in [2.24, 2.45) is 0 Å². The van der Waals surface area contributed by atoms with Crippen molar-refractivity contribution in [3.05, 3.63) is 350 Å². The molecule has 5 aromatic carbocycles. The predicted molar refractivity (Wildman–Crippen MR) is 400 cm³/mol. The molecule has 0 fully saturated rings. The topological polar surface area (TPSA) is 259 Å². The third-order valence-electron chi connectivity index (χ3n) is 13.6. The number of benzene rings is 5. The molecule has 0 aliphatic heterocycles. The van der Waals surface area contributed by atoms with Crippen LogP contribution in [0.1, 0.15) is 61.4 Å². The number of carboxylic acid groups (broad SMARTS) is 2. The quantitative estimate of drug-likeness (QED) is 0.0491. The average Bonchev–Trinajstić information content (AvgIpc) is 1.01. The molecule has 9 aromatic heterocycles. The molecular formula is C84H70F8Ir5N8O8S-4. The van der Waals surface area contributed by atoms with E-state index in [1.165, 1.54) is 52.8 Å². The largest absolute Gasteiger partial charge is 0.521 e. The number of carbonyl (C=O) groups is 2. The molecule has 5 radical (unpaired) electrons. The van der Waals surface area contributed by atoms with Crippen molar-refractivity contribution < 1.29 is 176 Å². The minimum absolute atomic E-state index is 0. The van der Waals surface area contributed by atoms with E-state index in [-0.39, 0.29) is 159 Å². The first-order valence-corrected chi connectivity index (χ1v) is 33.7. The third-order valence-corrected chi connectivity index (χ3v) is 14.7. The van der Waals surface area contributed by atoms with Crippen LogP contribution in [0.2, 0.25) is 0 Å². The molecule has 14 rings (SSSR count). The predicted octanol–water partition coefficient (Wildman–Crippen LogP) is 18.2. The zero-order chi connectivity index (χ0) is 79.0. The molecule has 9 heterocycles. The van der Waals surface area contributed by atoms with Gasteiger partial charge in [0.15, 0.2) is 5.82 Å². The Labute approximate surface area is 724 Å². The van der Waals surface area contributed by atoms with E-state index < -0.39 is 52.7 Å². The maximum atomic E-state index is 13.5. The first-order valence-electron chi connectivity index (χ1n) is 32.9. The maximum Gasteiger partial charge on any atom is 0.354 e. The molecule has 4 unspecified atom stereocenters. The van der Waals surface area contributed by atoms with Crippen LogP contribution in [0, 0.1) is 70.8 Å². The van der Waals surface area contributed by atoms with Crippen molar-refractivity contribution in [2.75, 3.05) is 0 Å². The van der Waals surface area contributed by atoms with E-state index >= 15 is 0 Å². The molecule has 0 aliphatic carbocycles. The molecule has 114 heavy (non-hydrogen) atoms. The van der Waals surface area contributed by atoms with Crippen molar-refractivity contribution >= 4 is 33.4 Å². The van der Waals surface area contributed by atoms with Crippen molar-refractivity contribution in [2.45, 2.75) is 65.0 Å². The van der Waals surface area contributed by atoms with Crippen molar-refractivity contribution in [3.63, 3.8) is 0 Å².